The van der Waals surface area contributed by atoms with Crippen LogP contribution in [-0.4, -0.2) is 20.6 Å². The van der Waals surface area contributed by atoms with Gasteiger partial charge in [-0.1, -0.05) is 18.3 Å². The van der Waals surface area contributed by atoms with Gasteiger partial charge >= 0.3 is 5.97 Å². The highest BCUT2D eigenvalue weighted by molar-refractivity contribution is 7.16. The highest BCUT2D eigenvalue weighted by Crippen LogP contribution is 2.41. The zero-order valence-corrected chi connectivity index (χ0v) is 12.0. The van der Waals surface area contributed by atoms with Crippen molar-refractivity contribution < 1.29 is 9.53 Å². The lowest BCUT2D eigenvalue weighted by atomic mass is 10.3. The average Bonchev–Trinajstić information content (AvgIpc) is 3.17. The van der Waals surface area contributed by atoms with Crippen molar-refractivity contribution in [1.29, 1.82) is 0 Å². The minimum Gasteiger partial charge on any atom is -0.459 e. The van der Waals surface area contributed by atoms with Crippen molar-refractivity contribution in [3.63, 3.8) is 0 Å². The van der Waals surface area contributed by atoms with Crippen molar-refractivity contribution in [3.05, 3.63) is 27.1 Å². The van der Waals surface area contributed by atoms with Gasteiger partial charge in [-0.05, 0) is 19.3 Å². The zero-order valence-electron chi connectivity index (χ0n) is 11.2. The van der Waals surface area contributed by atoms with Gasteiger partial charge in [-0.3, -0.25) is 9.59 Å². The lowest BCUT2D eigenvalue weighted by Crippen LogP contribution is -2.16. The molecule has 20 heavy (non-hydrogen) atoms. The second kappa shape index (κ2) is 5.32. The molecule has 0 unspecified atom stereocenters. The summed E-state index contributed by atoms with van der Waals surface area (Å²) in [6, 6.07) is 1.38. The van der Waals surface area contributed by atoms with Gasteiger partial charge in [0, 0.05) is 18.4 Å². The van der Waals surface area contributed by atoms with Crippen LogP contribution in [0.3, 0.4) is 0 Å². The van der Waals surface area contributed by atoms with E-state index in [0.29, 0.717) is 23.0 Å². The first kappa shape index (κ1) is 13.2. The van der Waals surface area contributed by atoms with Gasteiger partial charge in [-0.15, -0.1) is 0 Å². The third-order valence-corrected chi connectivity index (χ3v) is 4.15. The van der Waals surface area contributed by atoms with Crippen molar-refractivity contribution in [1.82, 2.24) is 14.6 Å². The normalized spacial score (nSPS) is 14.7. The van der Waals surface area contributed by atoms with E-state index in [2.05, 4.69) is 10.1 Å². The molecule has 3 rings (SSSR count). The van der Waals surface area contributed by atoms with E-state index < -0.39 is 0 Å². The van der Waals surface area contributed by atoms with Gasteiger partial charge in [0.05, 0.1) is 5.69 Å². The van der Waals surface area contributed by atoms with Crippen molar-refractivity contribution in [2.45, 2.75) is 45.1 Å². The van der Waals surface area contributed by atoms with Crippen LogP contribution >= 0.6 is 11.3 Å². The first-order valence-electron chi connectivity index (χ1n) is 6.72. The third-order valence-electron chi connectivity index (χ3n) is 3.08. The fourth-order valence-corrected chi connectivity index (χ4v) is 2.96. The quantitative estimate of drug-likeness (QED) is 0.787. The summed E-state index contributed by atoms with van der Waals surface area (Å²) in [6.07, 6.45) is 3.40. The average molecular weight is 293 g/mol. The molecule has 2 aromatic rings. The van der Waals surface area contributed by atoms with E-state index in [-0.39, 0.29) is 18.1 Å². The van der Waals surface area contributed by atoms with E-state index in [1.807, 2.05) is 6.92 Å². The number of fused-ring (bicyclic) bond motifs is 1. The Kier molecular flexibility index (Phi) is 3.52. The Bertz CT molecular complexity index is 702. The molecule has 0 radical (unpaired) electrons. The Hall–Kier alpha value is -1.76. The van der Waals surface area contributed by atoms with Crippen molar-refractivity contribution >= 4 is 22.3 Å². The number of esters is 1. The molecule has 0 saturated heterocycles. The van der Waals surface area contributed by atoms with E-state index in [0.717, 1.165) is 24.3 Å². The SMILES string of the molecule is CCCC(=O)OCc1cc(=O)n2nc(C3CC3)sc2n1. The van der Waals surface area contributed by atoms with Crippen LogP contribution in [0.2, 0.25) is 0 Å². The maximum atomic E-state index is 12.0. The fourth-order valence-electron chi connectivity index (χ4n) is 1.87. The van der Waals surface area contributed by atoms with Crippen LogP contribution in [0, 0.1) is 0 Å². The Balaban J connectivity index is 1.81. The third kappa shape index (κ3) is 2.72. The van der Waals surface area contributed by atoms with E-state index in [4.69, 9.17) is 4.74 Å². The second-order valence-corrected chi connectivity index (χ2v) is 5.89. The first-order valence-corrected chi connectivity index (χ1v) is 7.54. The largest absolute Gasteiger partial charge is 0.459 e. The van der Waals surface area contributed by atoms with Crippen molar-refractivity contribution in [3.8, 4) is 0 Å². The smallest absolute Gasteiger partial charge is 0.306 e. The lowest BCUT2D eigenvalue weighted by Gasteiger charge is -2.02. The summed E-state index contributed by atoms with van der Waals surface area (Å²) in [5.74, 6) is 0.226. The minimum atomic E-state index is -0.266. The van der Waals surface area contributed by atoms with Gasteiger partial charge in [-0.25, -0.2) is 4.98 Å². The Labute approximate surface area is 119 Å². The molecule has 0 aromatic carbocycles. The molecule has 2 heterocycles. The summed E-state index contributed by atoms with van der Waals surface area (Å²) < 4.78 is 6.40. The second-order valence-electron chi connectivity index (χ2n) is 4.91. The molecule has 1 aliphatic rings. The van der Waals surface area contributed by atoms with Gasteiger partial charge in [-0.2, -0.15) is 9.61 Å². The van der Waals surface area contributed by atoms with Crippen LogP contribution in [0.5, 0.6) is 0 Å². The number of rotatable bonds is 5. The molecule has 106 valence electrons. The van der Waals surface area contributed by atoms with Crippen LogP contribution < -0.4 is 5.56 Å². The predicted octanol–water partition coefficient (Wildman–Crippen LogP) is 1.87. The van der Waals surface area contributed by atoms with Crippen LogP contribution in [0.4, 0.5) is 0 Å². The molecular weight excluding hydrogens is 278 g/mol. The standard InChI is InChI=1S/C13H15N3O3S/c1-2-3-11(18)19-7-9-6-10(17)16-13(14-9)20-12(15-16)8-4-5-8/h6,8H,2-5,7H2,1H3. The lowest BCUT2D eigenvalue weighted by molar-refractivity contribution is -0.145. The van der Waals surface area contributed by atoms with Gasteiger partial charge in [0.1, 0.15) is 11.6 Å². The molecule has 0 atom stereocenters. The molecule has 0 bridgehead atoms. The topological polar surface area (TPSA) is 73.6 Å². The number of aromatic nitrogens is 3. The first-order chi connectivity index (χ1) is 9.67. The Morgan fingerprint density at radius 1 is 1.55 bits per heavy atom. The van der Waals surface area contributed by atoms with Gasteiger partial charge < -0.3 is 4.74 Å². The molecular formula is C13H15N3O3S. The summed E-state index contributed by atoms with van der Waals surface area (Å²) in [7, 11) is 0. The monoisotopic (exact) mass is 293 g/mol. The number of carbonyl (C=O) groups excluding carboxylic acids is 1. The molecule has 0 N–H and O–H groups in total. The van der Waals surface area contributed by atoms with E-state index in [9.17, 15) is 9.59 Å². The number of ether oxygens (including phenoxy) is 1. The van der Waals surface area contributed by atoms with E-state index in [1.54, 1.807) is 0 Å². The fraction of sp³-hybridized carbons (Fsp3) is 0.538. The molecule has 0 spiro atoms. The van der Waals surface area contributed by atoms with Gasteiger partial charge in [0.25, 0.3) is 5.56 Å². The number of hydrogen-bond acceptors (Lipinski definition) is 6. The van der Waals surface area contributed by atoms with E-state index in [1.165, 1.54) is 21.9 Å². The molecule has 0 amide bonds. The summed E-state index contributed by atoms with van der Waals surface area (Å²) in [5.41, 5.74) is 0.255. The van der Waals surface area contributed by atoms with Crippen LogP contribution in [0.25, 0.3) is 4.96 Å². The highest BCUT2D eigenvalue weighted by atomic mass is 32.1. The summed E-state index contributed by atoms with van der Waals surface area (Å²) >= 11 is 1.44. The molecule has 7 heteroatoms. The molecule has 6 nitrogen and oxygen atoms in total. The van der Waals surface area contributed by atoms with Crippen molar-refractivity contribution in [2.24, 2.45) is 0 Å². The summed E-state index contributed by atoms with van der Waals surface area (Å²) in [4.78, 5) is 28.2. The van der Waals surface area contributed by atoms with Crippen molar-refractivity contribution in [2.75, 3.05) is 0 Å². The van der Waals surface area contributed by atoms with Gasteiger partial charge in [0.2, 0.25) is 4.96 Å². The van der Waals surface area contributed by atoms with Crippen LogP contribution in [-0.2, 0) is 16.1 Å². The summed E-state index contributed by atoms with van der Waals surface area (Å²) in [5, 5.41) is 5.26. The molecule has 1 fully saturated rings. The van der Waals surface area contributed by atoms with Gasteiger partial charge in [0.15, 0.2) is 0 Å². The highest BCUT2D eigenvalue weighted by Gasteiger charge is 2.28. The number of carbonyl (C=O) groups is 1. The minimum absolute atomic E-state index is 0.0429. The maximum Gasteiger partial charge on any atom is 0.306 e. The molecule has 1 aliphatic carbocycles. The predicted molar refractivity (Wildman–Crippen MR) is 73.8 cm³/mol. The zero-order chi connectivity index (χ0) is 14.1. The number of hydrogen-bond donors (Lipinski definition) is 0. The van der Waals surface area contributed by atoms with E-state index >= 15 is 0 Å². The number of nitrogens with zero attached hydrogens (tertiary/aromatic N) is 3. The maximum absolute atomic E-state index is 12.0. The molecule has 1 saturated carbocycles. The van der Waals surface area contributed by atoms with Crippen LogP contribution in [0.1, 0.15) is 49.2 Å². The molecule has 0 aliphatic heterocycles. The Morgan fingerprint density at radius 3 is 3.05 bits per heavy atom. The summed E-state index contributed by atoms with van der Waals surface area (Å²) in [6.45, 7) is 1.95. The Morgan fingerprint density at radius 2 is 2.35 bits per heavy atom. The van der Waals surface area contributed by atoms with Crippen LogP contribution in [0.15, 0.2) is 10.9 Å². The molecule has 2 aromatic heterocycles.